The first-order valence-electron chi connectivity index (χ1n) is 5.35. The second-order valence-electron chi connectivity index (χ2n) is 3.77. The van der Waals surface area contributed by atoms with Crippen molar-refractivity contribution in [3.8, 4) is 0 Å². The van der Waals surface area contributed by atoms with Crippen LogP contribution in [0.5, 0.6) is 0 Å². The zero-order valence-electron chi connectivity index (χ0n) is 9.62. The van der Waals surface area contributed by atoms with Crippen LogP contribution in [0.3, 0.4) is 0 Å². The van der Waals surface area contributed by atoms with Gasteiger partial charge in [-0.1, -0.05) is 12.1 Å². The third-order valence-corrected chi connectivity index (χ3v) is 4.61. The number of benzene rings is 1. The van der Waals surface area contributed by atoms with Crippen LogP contribution in [0.1, 0.15) is 5.56 Å². The van der Waals surface area contributed by atoms with Gasteiger partial charge < -0.3 is 5.73 Å². The molecule has 0 saturated carbocycles. The van der Waals surface area contributed by atoms with Crippen LogP contribution in [0.25, 0.3) is 10.2 Å². The molecule has 0 unspecified atom stereocenters. The summed E-state index contributed by atoms with van der Waals surface area (Å²) in [5, 5.41) is 0.863. The van der Waals surface area contributed by atoms with Crippen LogP contribution in [-0.4, -0.2) is 15.0 Å². The zero-order chi connectivity index (χ0) is 12.5. The van der Waals surface area contributed by atoms with E-state index in [1.54, 1.807) is 17.5 Å². The average Bonchev–Trinajstić information content (AvgIpc) is 2.76. The molecule has 0 radical (unpaired) electrons. The van der Waals surface area contributed by atoms with Crippen LogP contribution in [0.2, 0.25) is 0 Å². The largest absolute Gasteiger partial charge is 0.368 e. The number of nitrogens with zero attached hydrogens (tertiary/aromatic N) is 3. The highest BCUT2D eigenvalue weighted by atomic mass is 32.2. The number of rotatable bonds is 2. The van der Waals surface area contributed by atoms with Crippen molar-refractivity contribution in [3.63, 3.8) is 0 Å². The molecule has 3 rings (SSSR count). The van der Waals surface area contributed by atoms with E-state index < -0.39 is 0 Å². The summed E-state index contributed by atoms with van der Waals surface area (Å²) in [5.41, 5.74) is 7.63. The van der Waals surface area contributed by atoms with Gasteiger partial charge in [0, 0.05) is 11.8 Å². The number of aryl methyl sites for hydroxylation is 1. The lowest BCUT2D eigenvalue weighted by Crippen LogP contribution is -1.96. The van der Waals surface area contributed by atoms with Crippen LogP contribution in [0, 0.1) is 6.92 Å². The maximum atomic E-state index is 5.60. The van der Waals surface area contributed by atoms with E-state index in [9.17, 15) is 0 Å². The normalized spacial score (nSPS) is 10.9. The van der Waals surface area contributed by atoms with Crippen molar-refractivity contribution < 1.29 is 0 Å². The van der Waals surface area contributed by atoms with E-state index in [2.05, 4.69) is 21.0 Å². The number of hydrogen-bond acceptors (Lipinski definition) is 6. The molecule has 0 bridgehead atoms. The molecule has 0 spiro atoms. The third-order valence-electron chi connectivity index (χ3n) is 2.40. The molecule has 0 aliphatic carbocycles. The highest BCUT2D eigenvalue weighted by Crippen LogP contribution is 2.34. The number of fused-ring (bicyclic) bond motifs is 1. The lowest BCUT2D eigenvalue weighted by Gasteiger charge is -2.01. The molecule has 2 aromatic heterocycles. The van der Waals surface area contributed by atoms with Gasteiger partial charge in [0.2, 0.25) is 5.95 Å². The van der Waals surface area contributed by atoms with E-state index in [0.29, 0.717) is 5.95 Å². The van der Waals surface area contributed by atoms with E-state index in [4.69, 9.17) is 5.73 Å². The molecule has 90 valence electrons. The fraction of sp³-hybridized carbons (Fsp3) is 0.0833. The second-order valence-corrected chi connectivity index (χ2v) is 6.03. The quantitative estimate of drug-likeness (QED) is 0.727. The van der Waals surface area contributed by atoms with Gasteiger partial charge in [0.25, 0.3) is 0 Å². The summed E-state index contributed by atoms with van der Waals surface area (Å²) in [7, 11) is 0. The van der Waals surface area contributed by atoms with Gasteiger partial charge in [-0.3, -0.25) is 0 Å². The first kappa shape index (κ1) is 11.4. The summed E-state index contributed by atoms with van der Waals surface area (Å²) in [6, 6.07) is 8.09. The molecule has 6 heteroatoms. The minimum absolute atomic E-state index is 0.296. The molecule has 2 N–H and O–H groups in total. The van der Waals surface area contributed by atoms with Gasteiger partial charge in [-0.25, -0.2) is 15.0 Å². The zero-order valence-corrected chi connectivity index (χ0v) is 11.3. The van der Waals surface area contributed by atoms with Gasteiger partial charge in [-0.05, 0) is 30.8 Å². The van der Waals surface area contributed by atoms with Crippen LogP contribution in [-0.2, 0) is 0 Å². The topological polar surface area (TPSA) is 64.7 Å². The van der Waals surface area contributed by atoms with Crippen molar-refractivity contribution in [1.82, 2.24) is 15.0 Å². The van der Waals surface area contributed by atoms with Crippen molar-refractivity contribution in [3.05, 3.63) is 36.0 Å². The SMILES string of the molecule is Cc1cnc(N)nc1Sc1nc2ccccc2s1. The standard InChI is InChI=1S/C12H10N4S2/c1-7-6-14-11(13)16-10(7)18-12-15-8-4-2-3-5-9(8)17-12/h2-6H,1H3,(H2,13,14,16). The van der Waals surface area contributed by atoms with Crippen LogP contribution in [0.4, 0.5) is 5.95 Å². The van der Waals surface area contributed by atoms with E-state index in [1.807, 2.05) is 25.1 Å². The summed E-state index contributed by atoms with van der Waals surface area (Å²) in [6.07, 6.45) is 1.73. The van der Waals surface area contributed by atoms with Crippen LogP contribution >= 0.6 is 23.1 Å². The molecular weight excluding hydrogens is 264 g/mol. The summed E-state index contributed by atoms with van der Waals surface area (Å²) in [4.78, 5) is 12.8. The van der Waals surface area contributed by atoms with Crippen molar-refractivity contribution >= 4 is 39.3 Å². The van der Waals surface area contributed by atoms with E-state index in [0.717, 1.165) is 20.4 Å². The van der Waals surface area contributed by atoms with E-state index in [1.165, 1.54) is 16.5 Å². The number of hydrogen-bond donors (Lipinski definition) is 1. The molecule has 1 aromatic carbocycles. The lowest BCUT2D eigenvalue weighted by molar-refractivity contribution is 1.02. The Kier molecular flexibility index (Phi) is 2.89. The Labute approximate surface area is 112 Å². The second kappa shape index (κ2) is 4.55. The van der Waals surface area contributed by atoms with Crippen molar-refractivity contribution in [2.75, 3.05) is 5.73 Å². The molecule has 0 atom stereocenters. The van der Waals surface area contributed by atoms with Gasteiger partial charge in [0.1, 0.15) is 5.03 Å². The van der Waals surface area contributed by atoms with Gasteiger partial charge in [0.15, 0.2) is 4.34 Å². The Morgan fingerprint density at radius 3 is 2.89 bits per heavy atom. The Hall–Kier alpha value is -1.66. The average molecular weight is 274 g/mol. The minimum atomic E-state index is 0.296. The van der Waals surface area contributed by atoms with Gasteiger partial charge >= 0.3 is 0 Å². The molecule has 0 aliphatic rings. The van der Waals surface area contributed by atoms with Crippen LogP contribution < -0.4 is 5.73 Å². The summed E-state index contributed by atoms with van der Waals surface area (Å²) >= 11 is 3.19. The van der Waals surface area contributed by atoms with Crippen molar-refractivity contribution in [2.45, 2.75) is 16.3 Å². The predicted octanol–water partition coefficient (Wildman–Crippen LogP) is 3.13. The number of nitrogens with two attached hydrogens (primary N) is 1. The summed E-state index contributed by atoms with van der Waals surface area (Å²) in [6.45, 7) is 1.97. The summed E-state index contributed by atoms with van der Waals surface area (Å²) < 4.78 is 2.15. The molecule has 18 heavy (non-hydrogen) atoms. The first-order valence-corrected chi connectivity index (χ1v) is 6.98. The molecule has 4 nitrogen and oxygen atoms in total. The maximum Gasteiger partial charge on any atom is 0.221 e. The summed E-state index contributed by atoms with van der Waals surface area (Å²) in [5.74, 6) is 0.296. The molecule has 0 aliphatic heterocycles. The Balaban J connectivity index is 1.98. The molecule has 2 heterocycles. The lowest BCUT2D eigenvalue weighted by atomic mass is 10.3. The number of thiazole rings is 1. The molecule has 0 fully saturated rings. The van der Waals surface area contributed by atoms with E-state index >= 15 is 0 Å². The fourth-order valence-electron chi connectivity index (χ4n) is 1.52. The molecule has 3 aromatic rings. The Bertz CT molecular complexity index is 675. The molecular formula is C12H10N4S2. The minimum Gasteiger partial charge on any atom is -0.368 e. The molecule has 0 amide bonds. The highest BCUT2D eigenvalue weighted by molar-refractivity contribution is 8.01. The van der Waals surface area contributed by atoms with Crippen LogP contribution in [0.15, 0.2) is 39.8 Å². The monoisotopic (exact) mass is 274 g/mol. The van der Waals surface area contributed by atoms with Crippen molar-refractivity contribution in [2.24, 2.45) is 0 Å². The van der Waals surface area contributed by atoms with Gasteiger partial charge in [-0.2, -0.15) is 0 Å². The Morgan fingerprint density at radius 2 is 2.06 bits per heavy atom. The third kappa shape index (κ3) is 2.16. The number of nitrogen functional groups attached to an aromatic ring is 1. The molecule has 0 saturated heterocycles. The highest BCUT2D eigenvalue weighted by Gasteiger charge is 2.09. The maximum absolute atomic E-state index is 5.60. The van der Waals surface area contributed by atoms with Gasteiger partial charge in [0.05, 0.1) is 10.2 Å². The van der Waals surface area contributed by atoms with Crippen molar-refractivity contribution in [1.29, 1.82) is 0 Å². The van der Waals surface area contributed by atoms with Gasteiger partial charge in [-0.15, -0.1) is 11.3 Å². The smallest absolute Gasteiger partial charge is 0.221 e. The number of aromatic nitrogens is 3. The van der Waals surface area contributed by atoms with E-state index in [-0.39, 0.29) is 0 Å². The number of para-hydroxylation sites is 1. The fourth-order valence-corrected chi connectivity index (χ4v) is 3.55. The Morgan fingerprint density at radius 1 is 1.22 bits per heavy atom. The predicted molar refractivity (Wildman–Crippen MR) is 74.9 cm³/mol. The first-order chi connectivity index (χ1) is 8.72. The number of anilines is 1.